The van der Waals surface area contributed by atoms with Crippen LogP contribution in [0.4, 0.5) is 25.1 Å². The molecule has 1 aromatic carbocycles. The molecule has 2 saturated heterocycles. The van der Waals surface area contributed by atoms with Gasteiger partial charge in [-0.3, -0.25) is 0 Å². The third-order valence-corrected chi connectivity index (χ3v) is 5.10. The predicted molar refractivity (Wildman–Crippen MR) is 110 cm³/mol. The molecule has 10 heteroatoms. The summed E-state index contributed by atoms with van der Waals surface area (Å²) in [6.07, 6.45) is 0.477. The Morgan fingerprint density at radius 3 is 2.94 bits per heavy atom. The summed E-state index contributed by atoms with van der Waals surface area (Å²) >= 11 is 0. The molecule has 3 aromatic rings. The number of urea groups is 1. The van der Waals surface area contributed by atoms with Gasteiger partial charge in [-0.25, -0.2) is 23.1 Å². The van der Waals surface area contributed by atoms with Crippen LogP contribution in [0, 0.1) is 11.6 Å². The van der Waals surface area contributed by atoms with Crippen LogP contribution >= 0.6 is 0 Å². The standard InChI is InChI=1S/C21H22F2N6O2/c22-13-3-4-16(23)15(10-13)18-2-1-7-28(18)19-6-9-29-20(26-19)17(11-24-29)25-21(31)27-8-5-14(30)12-27/h3-4,6,9-11,14,18,30H,1-2,5,7-8,12H2,(H,25,31)/i7D2,8D2,12D2. The lowest BCUT2D eigenvalue weighted by atomic mass is 10.0. The summed E-state index contributed by atoms with van der Waals surface area (Å²) in [6, 6.07) is 2.36. The first-order valence-electron chi connectivity index (χ1n) is 12.6. The highest BCUT2D eigenvalue weighted by molar-refractivity contribution is 5.93. The minimum atomic E-state index is -2.68. The molecule has 2 unspecified atom stereocenters. The molecule has 5 rings (SSSR count). The Labute approximate surface area is 185 Å². The number of aromatic nitrogens is 3. The van der Waals surface area contributed by atoms with Crippen LogP contribution in [-0.4, -0.2) is 56.2 Å². The van der Waals surface area contributed by atoms with E-state index in [9.17, 15) is 18.7 Å². The zero-order valence-electron chi connectivity index (χ0n) is 22.1. The van der Waals surface area contributed by atoms with Gasteiger partial charge in [0.1, 0.15) is 23.1 Å². The number of aliphatic hydroxyl groups is 1. The van der Waals surface area contributed by atoms with E-state index in [0.717, 1.165) is 18.2 Å². The fraction of sp³-hybridized carbons (Fsp3) is 0.381. The molecule has 2 aliphatic rings. The summed E-state index contributed by atoms with van der Waals surface area (Å²) in [5.74, 6) is -1.30. The Bertz CT molecular complexity index is 1390. The van der Waals surface area contributed by atoms with Crippen LogP contribution in [0.25, 0.3) is 5.65 Å². The lowest BCUT2D eigenvalue weighted by molar-refractivity contribution is 0.176. The van der Waals surface area contributed by atoms with Crippen molar-refractivity contribution in [3.8, 4) is 0 Å². The lowest BCUT2D eigenvalue weighted by Gasteiger charge is -2.26. The summed E-state index contributed by atoms with van der Waals surface area (Å²) in [5, 5.41) is 16.3. The molecule has 2 amide bonds. The number of hydrogen-bond acceptors (Lipinski definition) is 5. The van der Waals surface area contributed by atoms with Crippen molar-refractivity contribution in [3.63, 3.8) is 0 Å². The van der Waals surface area contributed by atoms with Crippen molar-refractivity contribution in [1.82, 2.24) is 19.5 Å². The monoisotopic (exact) mass is 434 g/mol. The van der Waals surface area contributed by atoms with Gasteiger partial charge in [0.2, 0.25) is 0 Å². The number of fused-ring (bicyclic) bond motifs is 1. The van der Waals surface area contributed by atoms with Crippen LogP contribution in [0.5, 0.6) is 0 Å². The summed E-state index contributed by atoms with van der Waals surface area (Å²) in [4.78, 5) is 18.8. The first-order chi connectivity index (χ1) is 17.2. The molecule has 0 saturated carbocycles. The first kappa shape index (κ1) is 13.9. The number of likely N-dealkylation sites (tertiary alicyclic amines) is 1. The van der Waals surface area contributed by atoms with E-state index in [-0.39, 0.29) is 40.5 Å². The molecule has 2 N–H and O–H groups in total. The van der Waals surface area contributed by atoms with Crippen LogP contribution in [0.3, 0.4) is 0 Å². The molecule has 0 radical (unpaired) electrons. The normalized spacial score (nSPS) is 29.0. The average molecular weight is 434 g/mol. The van der Waals surface area contributed by atoms with E-state index >= 15 is 0 Å². The molecule has 162 valence electrons. The third-order valence-electron chi connectivity index (χ3n) is 5.10. The van der Waals surface area contributed by atoms with Crippen LogP contribution in [-0.2, 0) is 0 Å². The Morgan fingerprint density at radius 2 is 2.13 bits per heavy atom. The third kappa shape index (κ3) is 3.67. The van der Waals surface area contributed by atoms with Crippen molar-refractivity contribution in [2.24, 2.45) is 0 Å². The minimum absolute atomic E-state index is 0.0186. The molecule has 0 spiro atoms. The van der Waals surface area contributed by atoms with Crippen molar-refractivity contribution < 1.29 is 26.9 Å². The summed E-state index contributed by atoms with van der Waals surface area (Å²) in [6.45, 7) is -7.11. The number of β-amino-alcohol motifs (C(OH)–C–C–N with tert-alkyl or cyclic N) is 1. The van der Waals surface area contributed by atoms with Gasteiger partial charge in [0.15, 0.2) is 5.65 Å². The van der Waals surface area contributed by atoms with Gasteiger partial charge in [0.05, 0.1) is 21.1 Å². The number of benzene rings is 1. The summed E-state index contributed by atoms with van der Waals surface area (Å²) in [5.41, 5.74) is -0.0388. The molecule has 2 aromatic heterocycles. The molecule has 4 heterocycles. The fourth-order valence-corrected chi connectivity index (χ4v) is 3.67. The highest BCUT2D eigenvalue weighted by Crippen LogP contribution is 2.37. The van der Waals surface area contributed by atoms with E-state index in [1.165, 1.54) is 27.9 Å². The van der Waals surface area contributed by atoms with Crippen LogP contribution in [0.15, 0.2) is 36.7 Å². The summed E-state index contributed by atoms with van der Waals surface area (Å²) < 4.78 is 78.5. The van der Waals surface area contributed by atoms with Crippen molar-refractivity contribution in [2.45, 2.75) is 31.4 Å². The number of nitrogens with zero attached hydrogens (tertiary/aromatic N) is 5. The highest BCUT2D eigenvalue weighted by Gasteiger charge is 2.30. The van der Waals surface area contributed by atoms with E-state index in [2.05, 4.69) is 15.4 Å². The second-order valence-corrected chi connectivity index (χ2v) is 7.13. The maximum Gasteiger partial charge on any atom is 0.322 e. The molecule has 8 nitrogen and oxygen atoms in total. The molecule has 31 heavy (non-hydrogen) atoms. The average Bonchev–Trinajstić information content (AvgIpc) is 3.38. The molecular formula is C21H22F2N6O2. The van der Waals surface area contributed by atoms with E-state index < -0.39 is 55.7 Å². The predicted octanol–water partition coefficient (Wildman–Crippen LogP) is 2.95. The van der Waals surface area contributed by atoms with E-state index in [4.69, 9.17) is 8.22 Å². The number of rotatable bonds is 3. The van der Waals surface area contributed by atoms with E-state index in [0.29, 0.717) is 0 Å². The largest absolute Gasteiger partial charge is 0.391 e. The van der Waals surface area contributed by atoms with Crippen LogP contribution < -0.4 is 10.2 Å². The molecule has 0 bridgehead atoms. The SMILES string of the molecule is [2H]C1([2H])CCC(c2cc(F)ccc2F)N1c1ccn2ncc(NC(=O)N3C([2H])([2H])CC(O)C3([2H])[2H])c2n1. The number of carbonyl (C=O) groups excluding carboxylic acids is 1. The van der Waals surface area contributed by atoms with Gasteiger partial charge < -0.3 is 20.2 Å². The van der Waals surface area contributed by atoms with Crippen molar-refractivity contribution >= 4 is 23.2 Å². The van der Waals surface area contributed by atoms with E-state index in [1.807, 2.05) is 0 Å². The van der Waals surface area contributed by atoms with Gasteiger partial charge in [-0.2, -0.15) is 5.10 Å². The number of hydrogen-bond donors (Lipinski definition) is 2. The first-order valence-corrected chi connectivity index (χ1v) is 9.60. The van der Waals surface area contributed by atoms with Crippen molar-refractivity contribution in [3.05, 3.63) is 53.9 Å². The van der Waals surface area contributed by atoms with Gasteiger partial charge in [0.25, 0.3) is 0 Å². The number of amides is 2. The maximum absolute atomic E-state index is 14.6. The molecule has 2 atom stereocenters. The van der Waals surface area contributed by atoms with Gasteiger partial charge in [-0.1, -0.05) is 0 Å². The van der Waals surface area contributed by atoms with Crippen LogP contribution in [0.1, 0.15) is 39.1 Å². The zero-order valence-corrected chi connectivity index (χ0v) is 16.1. The Hall–Kier alpha value is -3.27. The van der Waals surface area contributed by atoms with Crippen molar-refractivity contribution in [1.29, 1.82) is 0 Å². The Morgan fingerprint density at radius 1 is 1.26 bits per heavy atom. The van der Waals surface area contributed by atoms with Crippen LogP contribution in [0.2, 0.25) is 0 Å². The number of halogens is 2. The fourth-order valence-electron chi connectivity index (χ4n) is 3.67. The smallest absolute Gasteiger partial charge is 0.322 e. The quantitative estimate of drug-likeness (QED) is 0.662. The van der Waals surface area contributed by atoms with Gasteiger partial charge in [-0.05, 0) is 43.5 Å². The molecule has 0 aliphatic carbocycles. The zero-order chi connectivity index (χ0) is 26.9. The second-order valence-electron chi connectivity index (χ2n) is 7.13. The molecular weight excluding hydrogens is 406 g/mol. The highest BCUT2D eigenvalue weighted by atomic mass is 19.1. The Balaban J connectivity index is 1.51. The number of carbonyl (C=O) groups is 1. The summed E-state index contributed by atoms with van der Waals surface area (Å²) in [7, 11) is 0. The van der Waals surface area contributed by atoms with Gasteiger partial charge in [0, 0.05) is 36.7 Å². The second kappa shape index (κ2) is 7.77. The Kier molecular flexibility index (Phi) is 3.49. The molecule has 2 aliphatic heterocycles. The number of anilines is 2. The van der Waals surface area contributed by atoms with Gasteiger partial charge in [-0.15, -0.1) is 0 Å². The molecule has 2 fully saturated rings. The van der Waals surface area contributed by atoms with Crippen molar-refractivity contribution in [2.75, 3.05) is 29.7 Å². The van der Waals surface area contributed by atoms with E-state index in [1.54, 1.807) is 0 Å². The van der Waals surface area contributed by atoms with Gasteiger partial charge >= 0.3 is 6.03 Å². The number of aliphatic hydroxyl groups excluding tert-OH is 1. The minimum Gasteiger partial charge on any atom is -0.391 e. The number of nitrogens with one attached hydrogen (secondary N) is 1. The topological polar surface area (TPSA) is 86.0 Å². The maximum atomic E-state index is 14.6. The lowest BCUT2D eigenvalue weighted by Crippen LogP contribution is -2.33.